The molecule has 2 aromatic carbocycles. The first-order chi connectivity index (χ1) is 20.2. The van der Waals surface area contributed by atoms with Crippen LogP contribution < -0.4 is 14.4 Å². The summed E-state index contributed by atoms with van der Waals surface area (Å²) in [7, 11) is -2.02. The largest absolute Gasteiger partial charge is 0.465 e. The number of amides is 1. The third kappa shape index (κ3) is 5.16. The summed E-state index contributed by atoms with van der Waals surface area (Å²) >= 11 is 0. The molecule has 0 spiro atoms. The molecular weight excluding hydrogens is 558 g/mol. The first-order valence-corrected chi connectivity index (χ1v) is 15.1. The molecule has 0 radical (unpaired) electrons. The average Bonchev–Trinajstić information content (AvgIpc) is 3.26. The van der Waals surface area contributed by atoms with Gasteiger partial charge in [0.2, 0.25) is 11.8 Å². The summed E-state index contributed by atoms with van der Waals surface area (Å²) in [4.78, 5) is 26.4. The number of piperidine rings is 1. The second-order valence-corrected chi connectivity index (χ2v) is 12.4. The Morgan fingerprint density at radius 2 is 1.88 bits per heavy atom. The number of nitrogens with zero attached hydrogens (tertiary/aromatic N) is 6. The molecule has 2 N–H and O–H groups in total. The zero-order valence-electron chi connectivity index (χ0n) is 23.3. The topological polar surface area (TPSA) is 141 Å². The Bertz CT molecular complexity index is 1770. The van der Waals surface area contributed by atoms with E-state index < -0.39 is 16.3 Å². The zero-order valence-corrected chi connectivity index (χ0v) is 24.1. The number of anilines is 2. The minimum absolute atomic E-state index is 0.0959. The molecule has 2 saturated heterocycles. The van der Waals surface area contributed by atoms with Crippen LogP contribution >= 0.6 is 0 Å². The maximum absolute atomic E-state index is 12.9. The molecule has 1 unspecified atom stereocenters. The van der Waals surface area contributed by atoms with Crippen LogP contribution in [0.15, 0.2) is 60.9 Å². The lowest BCUT2D eigenvalue weighted by Crippen LogP contribution is -2.44. The summed E-state index contributed by atoms with van der Waals surface area (Å²) in [6.07, 6.45) is 3.92. The fraction of sp³-hybridized carbons (Fsp3) is 0.310. The van der Waals surface area contributed by atoms with E-state index in [4.69, 9.17) is 9.72 Å². The number of hydrogen-bond donors (Lipinski definition) is 2. The standard InChI is InChI=1S/C29H31N7O5S/c1-19-10-11-21-22(7-3-9-25(21)36-17-16-34(2)42(36,39)40)26(19)41-27-23(8-4-13-30-27)24-12-14-31-28(33-24)32-20-6-5-15-35(18-20)29(37)38/h3-4,7-14,20H,5-6,15-18H2,1-2H3,(H,37,38)(H,31,32,33). The molecule has 6 rings (SSSR count). The van der Waals surface area contributed by atoms with Crippen LogP contribution in [0.4, 0.5) is 16.4 Å². The van der Waals surface area contributed by atoms with E-state index >= 15 is 0 Å². The highest BCUT2D eigenvalue weighted by molar-refractivity contribution is 7.90. The smallest absolute Gasteiger partial charge is 0.407 e. The highest BCUT2D eigenvalue weighted by Gasteiger charge is 2.35. The molecule has 2 aliphatic rings. The third-order valence-corrected chi connectivity index (χ3v) is 9.58. The van der Waals surface area contributed by atoms with Gasteiger partial charge in [-0.3, -0.25) is 4.31 Å². The number of carbonyl (C=O) groups is 1. The second-order valence-electron chi connectivity index (χ2n) is 10.4. The van der Waals surface area contributed by atoms with Gasteiger partial charge < -0.3 is 20.1 Å². The van der Waals surface area contributed by atoms with Crippen molar-refractivity contribution in [2.24, 2.45) is 0 Å². The maximum Gasteiger partial charge on any atom is 0.407 e. The van der Waals surface area contributed by atoms with Crippen molar-refractivity contribution in [1.29, 1.82) is 0 Å². The summed E-state index contributed by atoms with van der Waals surface area (Å²) in [5.74, 6) is 1.30. The van der Waals surface area contributed by atoms with Gasteiger partial charge in [0, 0.05) is 62.4 Å². The van der Waals surface area contributed by atoms with Crippen LogP contribution in [0.25, 0.3) is 22.0 Å². The van der Waals surface area contributed by atoms with Gasteiger partial charge in [-0.15, -0.1) is 0 Å². The van der Waals surface area contributed by atoms with Crippen molar-refractivity contribution in [1.82, 2.24) is 24.2 Å². The molecule has 2 fully saturated rings. The Morgan fingerprint density at radius 1 is 1.02 bits per heavy atom. The van der Waals surface area contributed by atoms with Gasteiger partial charge in [0.1, 0.15) is 5.75 Å². The average molecular weight is 590 g/mol. The fourth-order valence-corrected chi connectivity index (χ4v) is 6.81. The normalized spacial score (nSPS) is 18.8. The van der Waals surface area contributed by atoms with Gasteiger partial charge in [-0.25, -0.2) is 19.7 Å². The Hall–Kier alpha value is -4.49. The molecule has 13 heteroatoms. The SMILES string of the molecule is Cc1ccc2c(N3CCN(C)S3(=O)=O)cccc2c1Oc1ncccc1-c1ccnc(NC2CCCN(C(=O)O)C2)n1. The van der Waals surface area contributed by atoms with E-state index in [1.165, 1.54) is 13.5 Å². The number of benzene rings is 2. The molecule has 1 atom stereocenters. The zero-order chi connectivity index (χ0) is 29.4. The van der Waals surface area contributed by atoms with Gasteiger partial charge in [-0.2, -0.15) is 12.7 Å². The Labute approximate surface area is 243 Å². The van der Waals surface area contributed by atoms with Gasteiger partial charge >= 0.3 is 16.3 Å². The van der Waals surface area contributed by atoms with Crippen LogP contribution in [0.3, 0.4) is 0 Å². The summed E-state index contributed by atoms with van der Waals surface area (Å²) in [5, 5.41) is 14.2. The minimum atomic E-state index is -3.60. The molecule has 0 bridgehead atoms. The molecule has 0 saturated carbocycles. The highest BCUT2D eigenvalue weighted by Crippen LogP contribution is 2.40. The third-order valence-electron chi connectivity index (χ3n) is 7.67. The van der Waals surface area contributed by atoms with E-state index in [-0.39, 0.29) is 6.04 Å². The lowest BCUT2D eigenvalue weighted by Gasteiger charge is -2.31. The van der Waals surface area contributed by atoms with E-state index in [0.717, 1.165) is 29.2 Å². The maximum atomic E-state index is 12.9. The van der Waals surface area contributed by atoms with Crippen molar-refractivity contribution < 1.29 is 23.1 Å². The van der Waals surface area contributed by atoms with Crippen LogP contribution in [0.2, 0.25) is 0 Å². The number of likely N-dealkylation sites (tertiary alicyclic amines) is 1. The van der Waals surface area contributed by atoms with Crippen molar-refractivity contribution in [2.75, 3.05) is 42.8 Å². The summed E-state index contributed by atoms with van der Waals surface area (Å²) < 4.78 is 35.2. The van der Waals surface area contributed by atoms with Crippen molar-refractivity contribution in [3.05, 3.63) is 66.5 Å². The number of likely N-dealkylation sites (N-methyl/N-ethyl adjacent to an activating group) is 1. The molecule has 218 valence electrons. The van der Waals surface area contributed by atoms with Gasteiger partial charge in [0.25, 0.3) is 0 Å². The van der Waals surface area contributed by atoms with Crippen molar-refractivity contribution in [3.63, 3.8) is 0 Å². The van der Waals surface area contributed by atoms with Crippen LogP contribution in [0.5, 0.6) is 11.6 Å². The van der Waals surface area contributed by atoms with E-state index in [0.29, 0.717) is 60.7 Å². The number of pyridine rings is 1. The highest BCUT2D eigenvalue weighted by atomic mass is 32.2. The lowest BCUT2D eigenvalue weighted by atomic mass is 10.0. The van der Waals surface area contributed by atoms with Crippen molar-refractivity contribution in [2.45, 2.75) is 25.8 Å². The predicted molar refractivity (Wildman–Crippen MR) is 159 cm³/mol. The first-order valence-electron chi connectivity index (χ1n) is 13.7. The van der Waals surface area contributed by atoms with Crippen LogP contribution in [-0.4, -0.2) is 83.0 Å². The second kappa shape index (κ2) is 11.1. The van der Waals surface area contributed by atoms with E-state index in [9.17, 15) is 18.3 Å². The molecule has 1 amide bonds. The lowest BCUT2D eigenvalue weighted by molar-refractivity contribution is 0.132. The van der Waals surface area contributed by atoms with Crippen molar-refractivity contribution >= 4 is 38.7 Å². The molecule has 12 nitrogen and oxygen atoms in total. The number of fused-ring (bicyclic) bond motifs is 1. The van der Waals surface area contributed by atoms with Gasteiger partial charge in [-0.1, -0.05) is 24.3 Å². The summed E-state index contributed by atoms with van der Waals surface area (Å²) in [6, 6.07) is 14.7. The van der Waals surface area contributed by atoms with E-state index in [2.05, 4.69) is 15.3 Å². The number of nitrogens with one attached hydrogen (secondary N) is 1. The number of rotatable bonds is 6. The summed E-state index contributed by atoms with van der Waals surface area (Å²) in [6.45, 7) is 3.60. The summed E-state index contributed by atoms with van der Waals surface area (Å²) in [5.41, 5.74) is 2.70. The Kier molecular flexibility index (Phi) is 7.29. The quantitative estimate of drug-likeness (QED) is 0.336. The molecule has 4 heterocycles. The molecule has 2 aliphatic heterocycles. The van der Waals surface area contributed by atoms with Crippen LogP contribution in [0.1, 0.15) is 18.4 Å². The molecule has 0 aliphatic carbocycles. The first kappa shape index (κ1) is 27.7. The van der Waals surface area contributed by atoms with Crippen LogP contribution in [-0.2, 0) is 10.2 Å². The molecule has 42 heavy (non-hydrogen) atoms. The Morgan fingerprint density at radius 3 is 2.67 bits per heavy atom. The molecule has 4 aromatic rings. The number of ether oxygens (including phenoxy) is 1. The minimum Gasteiger partial charge on any atom is -0.465 e. The van der Waals surface area contributed by atoms with Crippen molar-refractivity contribution in [3.8, 4) is 22.9 Å². The number of hydrogen-bond acceptors (Lipinski definition) is 8. The van der Waals surface area contributed by atoms with Gasteiger partial charge in [0.15, 0.2) is 0 Å². The monoisotopic (exact) mass is 589 g/mol. The van der Waals surface area contributed by atoms with E-state index in [1.54, 1.807) is 31.6 Å². The van der Waals surface area contributed by atoms with Crippen LogP contribution in [0, 0.1) is 6.92 Å². The molecule has 2 aromatic heterocycles. The Balaban J connectivity index is 1.33. The van der Waals surface area contributed by atoms with Gasteiger partial charge in [-0.05, 0) is 49.6 Å². The van der Waals surface area contributed by atoms with E-state index in [1.807, 2.05) is 43.3 Å². The number of carboxylic acid groups (broad SMARTS) is 1. The number of aromatic nitrogens is 3. The molecular formula is C29H31N7O5S. The van der Waals surface area contributed by atoms with Gasteiger partial charge in [0.05, 0.1) is 16.9 Å². The predicted octanol–water partition coefficient (Wildman–Crippen LogP) is 4.34. The number of aryl methyl sites for hydroxylation is 1. The fourth-order valence-electron chi connectivity index (χ4n) is 5.44.